The molecule has 1 unspecified atom stereocenters. The van der Waals surface area contributed by atoms with Crippen molar-refractivity contribution in [2.45, 2.75) is 19.5 Å². The fraction of sp³-hybridized carbons (Fsp3) is 0.190. The summed E-state index contributed by atoms with van der Waals surface area (Å²) in [5, 5.41) is 5.26. The molecule has 0 aliphatic carbocycles. The van der Waals surface area contributed by atoms with E-state index in [1.165, 1.54) is 28.5 Å². The average molecular weight is 337 g/mol. The van der Waals surface area contributed by atoms with E-state index in [2.05, 4.69) is 35.6 Å². The van der Waals surface area contributed by atoms with Crippen LogP contribution in [0.1, 0.15) is 12.5 Å². The molecule has 0 saturated heterocycles. The maximum Gasteiger partial charge on any atom is 0.282 e. The second-order valence-corrected chi connectivity index (χ2v) is 6.42. The van der Waals surface area contributed by atoms with Crippen molar-refractivity contribution in [3.63, 3.8) is 0 Å². The third-order valence-corrected chi connectivity index (χ3v) is 4.54. The van der Waals surface area contributed by atoms with Crippen LogP contribution in [0.5, 0.6) is 0 Å². The lowest BCUT2D eigenvalue weighted by molar-refractivity contribution is -0.907. The topological polar surface area (TPSA) is 33.5 Å². The Bertz CT molecular complexity index is 876. The summed E-state index contributed by atoms with van der Waals surface area (Å²) < 4.78 is 12.9. The highest BCUT2D eigenvalue weighted by Gasteiger charge is 2.22. The number of amides is 1. The molecule has 1 amide bonds. The van der Waals surface area contributed by atoms with E-state index in [0.29, 0.717) is 5.69 Å². The van der Waals surface area contributed by atoms with Gasteiger partial charge in [-0.05, 0) is 48.0 Å². The minimum Gasteiger partial charge on any atom is -0.324 e. The molecule has 0 bridgehead atoms. The van der Waals surface area contributed by atoms with E-state index in [1.807, 2.05) is 26.1 Å². The maximum absolute atomic E-state index is 12.9. The van der Waals surface area contributed by atoms with E-state index in [1.54, 1.807) is 12.1 Å². The van der Waals surface area contributed by atoms with Crippen LogP contribution in [-0.2, 0) is 11.3 Å². The zero-order valence-corrected chi connectivity index (χ0v) is 14.4. The molecule has 3 nitrogen and oxygen atoms in total. The number of benzene rings is 3. The molecule has 0 aliphatic heterocycles. The maximum atomic E-state index is 12.9. The number of rotatable bonds is 5. The Hall–Kier alpha value is -2.72. The number of anilines is 1. The molecule has 0 aromatic heterocycles. The molecule has 0 fully saturated rings. The van der Waals surface area contributed by atoms with Gasteiger partial charge in [0.2, 0.25) is 0 Å². The monoisotopic (exact) mass is 337 g/mol. The number of hydrogen-bond donors (Lipinski definition) is 2. The number of quaternary nitrogens is 1. The second-order valence-electron chi connectivity index (χ2n) is 6.42. The van der Waals surface area contributed by atoms with Gasteiger partial charge in [0.25, 0.3) is 5.91 Å². The summed E-state index contributed by atoms with van der Waals surface area (Å²) in [6, 6.07) is 20.2. The minimum absolute atomic E-state index is 0.0788. The molecule has 4 heteroatoms. The van der Waals surface area contributed by atoms with Gasteiger partial charge >= 0.3 is 0 Å². The van der Waals surface area contributed by atoms with Crippen LogP contribution in [0.25, 0.3) is 10.8 Å². The minimum atomic E-state index is -0.315. The zero-order valence-electron chi connectivity index (χ0n) is 14.4. The highest BCUT2D eigenvalue weighted by Crippen LogP contribution is 2.15. The number of fused-ring (bicyclic) bond motifs is 1. The molecule has 0 spiro atoms. The van der Waals surface area contributed by atoms with Gasteiger partial charge in [-0.25, -0.2) is 4.39 Å². The van der Waals surface area contributed by atoms with E-state index in [9.17, 15) is 9.18 Å². The summed E-state index contributed by atoms with van der Waals surface area (Å²) in [6.45, 7) is 2.65. The molecule has 0 radical (unpaired) electrons. The molecule has 0 heterocycles. The predicted molar refractivity (Wildman–Crippen MR) is 99.0 cm³/mol. The van der Waals surface area contributed by atoms with Crippen molar-refractivity contribution in [2.24, 2.45) is 0 Å². The lowest BCUT2D eigenvalue weighted by Crippen LogP contribution is -3.12. The Labute approximate surface area is 147 Å². The first-order valence-corrected chi connectivity index (χ1v) is 8.39. The van der Waals surface area contributed by atoms with Gasteiger partial charge in [-0.3, -0.25) is 4.79 Å². The molecular formula is C21H22FN2O+. The van der Waals surface area contributed by atoms with Crippen LogP contribution in [0.3, 0.4) is 0 Å². The average Bonchev–Trinajstić information content (AvgIpc) is 2.62. The molecule has 3 rings (SSSR count). The van der Waals surface area contributed by atoms with Gasteiger partial charge in [0.15, 0.2) is 6.04 Å². The van der Waals surface area contributed by atoms with Crippen LogP contribution in [0, 0.1) is 5.82 Å². The van der Waals surface area contributed by atoms with E-state index < -0.39 is 0 Å². The van der Waals surface area contributed by atoms with Gasteiger partial charge in [-0.15, -0.1) is 0 Å². The number of halogens is 1. The Morgan fingerprint density at radius 3 is 2.44 bits per heavy atom. The third-order valence-electron chi connectivity index (χ3n) is 4.54. The fourth-order valence-electron chi connectivity index (χ4n) is 2.83. The number of hydrogen-bond acceptors (Lipinski definition) is 1. The first-order chi connectivity index (χ1) is 12.0. The molecule has 0 aliphatic rings. The Morgan fingerprint density at radius 1 is 1.04 bits per heavy atom. The molecule has 0 saturated carbocycles. The second kappa shape index (κ2) is 7.45. The molecule has 128 valence electrons. The smallest absolute Gasteiger partial charge is 0.282 e. The normalized spacial score (nSPS) is 13.4. The van der Waals surface area contributed by atoms with E-state index in [0.717, 1.165) is 11.4 Å². The van der Waals surface area contributed by atoms with Crippen molar-refractivity contribution >= 4 is 22.4 Å². The van der Waals surface area contributed by atoms with Crippen molar-refractivity contribution in [3.8, 4) is 0 Å². The Balaban J connectivity index is 1.65. The standard InChI is InChI=1S/C21H21FN2O/c1-15(21(25)23-20-11-9-19(22)10-12-20)24(2)14-16-7-8-17-5-3-4-6-18(17)13-16/h3-13,15H,14H2,1-2H3,(H,23,25)/p+1/t15-/m1/s1. The predicted octanol–water partition coefficient (Wildman–Crippen LogP) is 3.02. The Morgan fingerprint density at radius 2 is 1.72 bits per heavy atom. The SMILES string of the molecule is C[C@H](C(=O)Nc1ccc(F)cc1)[NH+](C)Cc1ccc2ccccc2c1. The molecular weight excluding hydrogens is 315 g/mol. The summed E-state index contributed by atoms with van der Waals surface area (Å²) in [4.78, 5) is 13.5. The first-order valence-electron chi connectivity index (χ1n) is 8.39. The molecule has 3 aromatic rings. The highest BCUT2D eigenvalue weighted by atomic mass is 19.1. The lowest BCUT2D eigenvalue weighted by Gasteiger charge is -2.21. The zero-order chi connectivity index (χ0) is 17.8. The van der Waals surface area contributed by atoms with Crippen molar-refractivity contribution in [3.05, 3.63) is 78.1 Å². The fourth-order valence-corrected chi connectivity index (χ4v) is 2.83. The number of nitrogens with one attached hydrogen (secondary N) is 2. The van der Waals surface area contributed by atoms with Crippen molar-refractivity contribution in [1.29, 1.82) is 0 Å². The number of likely N-dealkylation sites (N-methyl/N-ethyl adjacent to an activating group) is 1. The van der Waals surface area contributed by atoms with Crippen LogP contribution in [0.4, 0.5) is 10.1 Å². The van der Waals surface area contributed by atoms with Crippen LogP contribution in [0.2, 0.25) is 0 Å². The van der Waals surface area contributed by atoms with Crippen LogP contribution < -0.4 is 10.2 Å². The number of carbonyl (C=O) groups excluding carboxylic acids is 1. The van der Waals surface area contributed by atoms with Crippen molar-refractivity contribution in [1.82, 2.24) is 0 Å². The molecule has 2 atom stereocenters. The van der Waals surface area contributed by atoms with E-state index in [4.69, 9.17) is 0 Å². The summed E-state index contributed by atoms with van der Waals surface area (Å²) in [5.74, 6) is -0.394. The largest absolute Gasteiger partial charge is 0.324 e. The summed E-state index contributed by atoms with van der Waals surface area (Å²) in [5.41, 5.74) is 1.80. The summed E-state index contributed by atoms with van der Waals surface area (Å²) >= 11 is 0. The van der Waals surface area contributed by atoms with Gasteiger partial charge in [0.05, 0.1) is 7.05 Å². The van der Waals surface area contributed by atoms with Gasteiger partial charge in [0.1, 0.15) is 12.4 Å². The quantitative estimate of drug-likeness (QED) is 0.737. The van der Waals surface area contributed by atoms with Crippen LogP contribution in [0.15, 0.2) is 66.7 Å². The highest BCUT2D eigenvalue weighted by molar-refractivity contribution is 5.93. The van der Waals surface area contributed by atoms with Gasteiger partial charge in [0, 0.05) is 11.3 Å². The Kier molecular flexibility index (Phi) is 5.10. The molecule has 3 aromatic carbocycles. The van der Waals surface area contributed by atoms with Crippen LogP contribution >= 0.6 is 0 Å². The first kappa shape index (κ1) is 17.1. The van der Waals surface area contributed by atoms with Crippen molar-refractivity contribution in [2.75, 3.05) is 12.4 Å². The van der Waals surface area contributed by atoms with Gasteiger partial charge in [-0.1, -0.05) is 36.4 Å². The van der Waals surface area contributed by atoms with E-state index in [-0.39, 0.29) is 17.8 Å². The van der Waals surface area contributed by atoms with Gasteiger partial charge < -0.3 is 10.2 Å². The summed E-state index contributed by atoms with van der Waals surface area (Å²) in [7, 11) is 2.00. The number of carbonyl (C=O) groups is 1. The van der Waals surface area contributed by atoms with Crippen LogP contribution in [-0.4, -0.2) is 19.0 Å². The third kappa shape index (κ3) is 4.22. The molecule has 25 heavy (non-hydrogen) atoms. The van der Waals surface area contributed by atoms with Crippen molar-refractivity contribution < 1.29 is 14.1 Å². The lowest BCUT2D eigenvalue weighted by atomic mass is 10.1. The van der Waals surface area contributed by atoms with E-state index >= 15 is 0 Å². The van der Waals surface area contributed by atoms with Gasteiger partial charge in [-0.2, -0.15) is 0 Å². The summed E-state index contributed by atoms with van der Waals surface area (Å²) in [6.07, 6.45) is 0. The molecule has 2 N–H and O–H groups in total.